The Hall–Kier alpha value is -2.77. The number of rotatable bonds is 4. The summed E-state index contributed by atoms with van der Waals surface area (Å²) in [6, 6.07) is 10.0. The first kappa shape index (κ1) is 15.7. The summed E-state index contributed by atoms with van der Waals surface area (Å²) in [6.45, 7) is 0. The summed E-state index contributed by atoms with van der Waals surface area (Å²) in [6.07, 6.45) is 0.110. The van der Waals surface area contributed by atoms with E-state index in [1.165, 1.54) is 18.0 Å². The zero-order chi connectivity index (χ0) is 17.5. The Morgan fingerprint density at radius 2 is 1.64 bits per heavy atom. The third-order valence-electron chi connectivity index (χ3n) is 4.37. The summed E-state index contributed by atoms with van der Waals surface area (Å²) in [4.78, 5) is 8.45. The average molecular weight is 345 g/mol. The van der Waals surface area contributed by atoms with E-state index in [1.54, 1.807) is 0 Å². The predicted molar refractivity (Wildman–Crippen MR) is 87.7 cm³/mol. The van der Waals surface area contributed by atoms with Gasteiger partial charge >= 0.3 is 6.18 Å². The van der Waals surface area contributed by atoms with Crippen LogP contribution in [0.25, 0.3) is 0 Å². The molecule has 0 bridgehead atoms. The Kier molecular flexibility index (Phi) is 3.55. The molecule has 0 amide bonds. The number of hydrogen-bond acceptors (Lipinski definition) is 5. The Labute approximate surface area is 141 Å². The van der Waals surface area contributed by atoms with E-state index in [9.17, 15) is 13.2 Å². The van der Waals surface area contributed by atoms with Crippen LogP contribution in [0.4, 0.5) is 19.1 Å². The van der Waals surface area contributed by atoms with Gasteiger partial charge in [0.15, 0.2) is 0 Å². The van der Waals surface area contributed by atoms with Crippen molar-refractivity contribution in [3.05, 3.63) is 53.9 Å². The molecule has 0 radical (unpaired) electrons. The lowest BCUT2D eigenvalue weighted by Gasteiger charge is -2.17. The fraction of sp³-hybridized carbons (Fsp3) is 0.294. The minimum absolute atomic E-state index is 0.153. The molecule has 0 unspecified atom stereocenters. The predicted octanol–water partition coefficient (Wildman–Crippen LogP) is 3.69. The summed E-state index contributed by atoms with van der Waals surface area (Å²) in [7, 11) is 0. The highest BCUT2D eigenvalue weighted by Gasteiger charge is 2.45. The van der Waals surface area contributed by atoms with Gasteiger partial charge in [0.05, 0.1) is 11.3 Å². The summed E-state index contributed by atoms with van der Waals surface area (Å²) in [5, 5.41) is 10.1. The molecule has 1 aromatic carbocycles. The molecular formula is C17H14F3N5. The molecule has 8 heteroatoms. The van der Waals surface area contributed by atoms with Crippen LogP contribution in [0, 0.1) is 0 Å². The quantitative estimate of drug-likeness (QED) is 0.919. The van der Waals surface area contributed by atoms with Gasteiger partial charge < -0.3 is 5.32 Å². The first-order valence-corrected chi connectivity index (χ1v) is 7.83. The van der Waals surface area contributed by atoms with E-state index in [4.69, 9.17) is 0 Å². The second-order valence-electron chi connectivity index (χ2n) is 6.14. The average Bonchev–Trinajstić information content (AvgIpc) is 3.20. The number of alkyl halides is 3. The number of anilines is 1. The Bertz CT molecular complexity index is 837. The van der Waals surface area contributed by atoms with Crippen LogP contribution >= 0.6 is 0 Å². The molecule has 2 aromatic rings. The maximum atomic E-state index is 12.6. The molecule has 25 heavy (non-hydrogen) atoms. The fourth-order valence-corrected chi connectivity index (χ4v) is 2.79. The van der Waals surface area contributed by atoms with Crippen LogP contribution in [0.2, 0.25) is 0 Å². The molecule has 1 aromatic heterocycles. The maximum Gasteiger partial charge on any atom is 0.431 e. The molecular weight excluding hydrogens is 331 g/mol. The molecule has 1 N–H and O–H groups in total. The highest BCUT2D eigenvalue weighted by Crippen LogP contribution is 2.47. The number of hydrogen-bond donors (Lipinski definition) is 1. The van der Waals surface area contributed by atoms with Gasteiger partial charge in [-0.3, -0.25) is 0 Å². The van der Waals surface area contributed by atoms with E-state index in [0.717, 1.165) is 12.8 Å². The standard InChI is InChI=1S/C17H14F3N5/c18-17(19,20)14-8-13(24-25-14)11-9-21-15(22-10-11)23-16(6-7-16)12-4-2-1-3-5-12/h1-5,9-10H,6-8H2,(H,21,22,23). The zero-order valence-electron chi connectivity index (χ0n) is 13.1. The lowest BCUT2D eigenvalue weighted by atomic mass is 10.1. The summed E-state index contributed by atoms with van der Waals surface area (Å²) in [5.74, 6) is 0.445. The van der Waals surface area contributed by atoms with Gasteiger partial charge in [0.2, 0.25) is 5.95 Å². The lowest BCUT2D eigenvalue weighted by molar-refractivity contribution is -0.0596. The fourth-order valence-electron chi connectivity index (χ4n) is 2.79. The molecule has 128 valence electrons. The second-order valence-corrected chi connectivity index (χ2v) is 6.14. The van der Waals surface area contributed by atoms with E-state index in [0.29, 0.717) is 11.5 Å². The van der Waals surface area contributed by atoms with Gasteiger partial charge in [0.25, 0.3) is 0 Å². The summed E-state index contributed by atoms with van der Waals surface area (Å²) >= 11 is 0. The smallest absolute Gasteiger partial charge is 0.345 e. The van der Waals surface area contributed by atoms with Gasteiger partial charge in [-0.05, 0) is 18.4 Å². The van der Waals surface area contributed by atoms with Gasteiger partial charge in [-0.1, -0.05) is 30.3 Å². The first-order chi connectivity index (χ1) is 12.0. The van der Waals surface area contributed by atoms with Gasteiger partial charge in [0, 0.05) is 24.4 Å². The first-order valence-electron chi connectivity index (χ1n) is 7.83. The van der Waals surface area contributed by atoms with Crippen LogP contribution < -0.4 is 5.32 Å². The van der Waals surface area contributed by atoms with Gasteiger partial charge in [-0.2, -0.15) is 18.3 Å². The van der Waals surface area contributed by atoms with Crippen molar-refractivity contribution >= 4 is 17.4 Å². The maximum absolute atomic E-state index is 12.6. The van der Waals surface area contributed by atoms with Crippen LogP contribution in [0.3, 0.4) is 0 Å². The van der Waals surface area contributed by atoms with Crippen molar-refractivity contribution in [3.8, 4) is 0 Å². The van der Waals surface area contributed by atoms with Crippen molar-refractivity contribution in [2.75, 3.05) is 5.32 Å². The van der Waals surface area contributed by atoms with Crippen LogP contribution in [-0.2, 0) is 5.54 Å². The molecule has 2 aliphatic rings. The third kappa shape index (κ3) is 3.11. The number of nitrogens with one attached hydrogen (secondary N) is 1. The van der Waals surface area contributed by atoms with E-state index >= 15 is 0 Å². The molecule has 0 spiro atoms. The Balaban J connectivity index is 1.46. The lowest BCUT2D eigenvalue weighted by Crippen LogP contribution is -2.23. The third-order valence-corrected chi connectivity index (χ3v) is 4.37. The monoisotopic (exact) mass is 345 g/mol. The van der Waals surface area contributed by atoms with Gasteiger partial charge in [-0.15, -0.1) is 5.10 Å². The number of halogens is 3. The highest BCUT2D eigenvalue weighted by molar-refractivity contribution is 6.16. The molecule has 0 atom stereocenters. The van der Waals surface area contributed by atoms with Crippen LogP contribution in [0.1, 0.15) is 30.4 Å². The van der Waals surface area contributed by atoms with E-state index in [2.05, 4.69) is 37.6 Å². The van der Waals surface area contributed by atoms with Crippen LogP contribution in [0.15, 0.2) is 52.9 Å². The van der Waals surface area contributed by atoms with E-state index < -0.39 is 11.9 Å². The number of aromatic nitrogens is 2. The number of benzene rings is 1. The van der Waals surface area contributed by atoms with Crippen molar-refractivity contribution in [1.82, 2.24) is 9.97 Å². The van der Waals surface area contributed by atoms with Gasteiger partial charge in [0.1, 0.15) is 5.71 Å². The molecule has 1 aliphatic heterocycles. The minimum atomic E-state index is -4.46. The normalized spacial score (nSPS) is 18.5. The van der Waals surface area contributed by atoms with Crippen molar-refractivity contribution in [2.24, 2.45) is 10.2 Å². The Morgan fingerprint density at radius 1 is 0.960 bits per heavy atom. The van der Waals surface area contributed by atoms with E-state index in [-0.39, 0.29) is 17.7 Å². The van der Waals surface area contributed by atoms with Crippen molar-refractivity contribution in [2.45, 2.75) is 31.0 Å². The second kappa shape index (κ2) is 5.65. The Morgan fingerprint density at radius 3 is 2.20 bits per heavy atom. The van der Waals surface area contributed by atoms with Crippen LogP contribution in [-0.4, -0.2) is 27.6 Å². The topological polar surface area (TPSA) is 62.5 Å². The summed E-state index contributed by atoms with van der Waals surface area (Å²) < 4.78 is 37.9. The molecule has 5 nitrogen and oxygen atoms in total. The van der Waals surface area contributed by atoms with E-state index in [1.807, 2.05) is 18.2 Å². The molecule has 0 saturated heterocycles. The summed E-state index contributed by atoms with van der Waals surface area (Å²) in [5.41, 5.74) is 0.790. The van der Waals surface area contributed by atoms with Crippen molar-refractivity contribution < 1.29 is 13.2 Å². The molecule has 2 heterocycles. The molecule has 1 aliphatic carbocycles. The largest absolute Gasteiger partial charge is 0.431 e. The SMILES string of the molecule is FC(F)(F)C1=NN=C(c2cnc(NC3(c4ccccc4)CC3)nc2)C1. The van der Waals surface area contributed by atoms with Crippen molar-refractivity contribution in [3.63, 3.8) is 0 Å². The van der Waals surface area contributed by atoms with Crippen LogP contribution in [0.5, 0.6) is 0 Å². The molecule has 1 saturated carbocycles. The van der Waals surface area contributed by atoms with Gasteiger partial charge in [-0.25, -0.2) is 9.97 Å². The highest BCUT2D eigenvalue weighted by atomic mass is 19.4. The molecule has 1 fully saturated rings. The number of nitrogens with zero attached hydrogens (tertiary/aromatic N) is 4. The molecule has 4 rings (SSSR count). The zero-order valence-corrected chi connectivity index (χ0v) is 13.1. The minimum Gasteiger partial charge on any atom is -0.345 e. The van der Waals surface area contributed by atoms with Crippen molar-refractivity contribution in [1.29, 1.82) is 0 Å².